The second kappa shape index (κ2) is 8.19. The third-order valence-corrected chi connectivity index (χ3v) is 4.42. The van der Waals surface area contributed by atoms with Gasteiger partial charge in [0.15, 0.2) is 5.96 Å². The maximum absolute atomic E-state index is 5.50. The summed E-state index contributed by atoms with van der Waals surface area (Å²) in [4.78, 5) is 6.60. The lowest BCUT2D eigenvalue weighted by atomic mass is 9.88. The number of nitrogens with one attached hydrogen (secondary N) is 2. The molecule has 2 N–H and O–H groups in total. The number of furan rings is 1. The van der Waals surface area contributed by atoms with Crippen molar-refractivity contribution in [3.05, 3.63) is 24.2 Å². The Morgan fingerprint density at radius 3 is 2.68 bits per heavy atom. The number of aliphatic imine (C=N–C) groups is 1. The van der Waals surface area contributed by atoms with Crippen LogP contribution in [0.5, 0.6) is 0 Å². The lowest BCUT2D eigenvalue weighted by molar-refractivity contribution is -0.00501. The van der Waals surface area contributed by atoms with Crippen LogP contribution in [0.2, 0.25) is 0 Å². The Morgan fingerprint density at radius 2 is 2.09 bits per heavy atom. The molecule has 0 saturated carbocycles. The van der Waals surface area contributed by atoms with Crippen molar-refractivity contribution < 1.29 is 9.15 Å². The van der Waals surface area contributed by atoms with Crippen molar-refractivity contribution in [2.45, 2.75) is 24.8 Å². The van der Waals surface area contributed by atoms with E-state index in [0.29, 0.717) is 0 Å². The summed E-state index contributed by atoms with van der Waals surface area (Å²) in [6.45, 7) is 3.31. The summed E-state index contributed by atoms with van der Waals surface area (Å²) in [5.74, 6) is 1.82. The highest BCUT2D eigenvalue weighted by Crippen LogP contribution is 2.24. The zero-order chi connectivity index (χ0) is 15.8. The van der Waals surface area contributed by atoms with Crippen molar-refractivity contribution in [3.8, 4) is 0 Å². The Kier molecular flexibility index (Phi) is 6.27. The minimum Gasteiger partial charge on any atom is -0.469 e. The van der Waals surface area contributed by atoms with Gasteiger partial charge in [0, 0.05) is 45.3 Å². The Morgan fingerprint density at radius 1 is 1.32 bits per heavy atom. The molecule has 6 heteroatoms. The summed E-state index contributed by atoms with van der Waals surface area (Å²) in [6, 6.07) is 3.90. The fourth-order valence-electron chi connectivity index (χ4n) is 2.76. The standard InChI is InChI=1S/C16H28N4O2/c1-17-15(18-9-6-14-5-4-10-22-14)19-13-16(20(2)3)7-11-21-12-8-16/h4-5,10H,6-9,11-13H2,1-3H3,(H2,17,18,19). The van der Waals surface area contributed by atoms with Gasteiger partial charge >= 0.3 is 0 Å². The Balaban J connectivity index is 1.79. The van der Waals surface area contributed by atoms with Crippen LogP contribution in [0.15, 0.2) is 27.8 Å². The molecule has 1 aliphatic heterocycles. The Hall–Kier alpha value is -1.53. The van der Waals surface area contributed by atoms with E-state index in [2.05, 4.69) is 34.6 Å². The molecule has 0 aromatic carbocycles. The molecule has 0 spiro atoms. The zero-order valence-electron chi connectivity index (χ0n) is 13.9. The Bertz CT molecular complexity index is 451. The molecule has 1 aromatic heterocycles. The van der Waals surface area contributed by atoms with Gasteiger partial charge in [0.25, 0.3) is 0 Å². The summed E-state index contributed by atoms with van der Waals surface area (Å²) >= 11 is 0. The van der Waals surface area contributed by atoms with Crippen LogP contribution in [0.3, 0.4) is 0 Å². The normalized spacial score (nSPS) is 18.5. The van der Waals surface area contributed by atoms with E-state index in [-0.39, 0.29) is 5.54 Å². The lowest BCUT2D eigenvalue weighted by Crippen LogP contribution is -2.57. The molecule has 0 aliphatic carbocycles. The van der Waals surface area contributed by atoms with E-state index in [1.165, 1.54) is 0 Å². The van der Waals surface area contributed by atoms with Gasteiger partial charge in [-0.05, 0) is 39.1 Å². The predicted octanol–water partition coefficient (Wildman–Crippen LogP) is 1.10. The lowest BCUT2D eigenvalue weighted by Gasteiger charge is -2.43. The second-order valence-corrected chi connectivity index (χ2v) is 5.91. The van der Waals surface area contributed by atoms with Crippen LogP contribution in [-0.2, 0) is 11.2 Å². The fourth-order valence-corrected chi connectivity index (χ4v) is 2.76. The first kappa shape index (κ1) is 16.8. The first-order valence-electron chi connectivity index (χ1n) is 7.88. The summed E-state index contributed by atoms with van der Waals surface area (Å²) in [7, 11) is 6.08. The van der Waals surface area contributed by atoms with E-state index in [0.717, 1.165) is 57.3 Å². The van der Waals surface area contributed by atoms with Gasteiger partial charge in [0.2, 0.25) is 0 Å². The maximum atomic E-state index is 5.50. The molecule has 6 nitrogen and oxygen atoms in total. The SMILES string of the molecule is CN=C(NCCc1ccco1)NCC1(N(C)C)CCOCC1. The van der Waals surface area contributed by atoms with Gasteiger partial charge < -0.3 is 24.7 Å². The van der Waals surface area contributed by atoms with Gasteiger partial charge in [0.1, 0.15) is 5.76 Å². The van der Waals surface area contributed by atoms with E-state index in [1.807, 2.05) is 12.1 Å². The molecule has 124 valence electrons. The molecule has 2 rings (SSSR count). The number of nitrogens with zero attached hydrogens (tertiary/aromatic N) is 2. The molecule has 0 amide bonds. The summed E-state index contributed by atoms with van der Waals surface area (Å²) in [5, 5.41) is 6.79. The quantitative estimate of drug-likeness (QED) is 0.609. The van der Waals surface area contributed by atoms with Crippen LogP contribution in [0.25, 0.3) is 0 Å². The number of rotatable bonds is 6. The highest BCUT2D eigenvalue weighted by atomic mass is 16.5. The molecular formula is C16H28N4O2. The van der Waals surface area contributed by atoms with Crippen LogP contribution in [0.4, 0.5) is 0 Å². The van der Waals surface area contributed by atoms with Gasteiger partial charge in [-0.2, -0.15) is 0 Å². The number of likely N-dealkylation sites (N-methyl/N-ethyl adjacent to an activating group) is 1. The number of ether oxygens (including phenoxy) is 1. The smallest absolute Gasteiger partial charge is 0.191 e. The van der Waals surface area contributed by atoms with E-state index >= 15 is 0 Å². The van der Waals surface area contributed by atoms with Gasteiger partial charge in [-0.1, -0.05) is 0 Å². The molecule has 0 atom stereocenters. The molecular weight excluding hydrogens is 280 g/mol. The highest BCUT2D eigenvalue weighted by Gasteiger charge is 2.34. The molecule has 1 fully saturated rings. The molecule has 0 unspecified atom stereocenters. The molecule has 0 bridgehead atoms. The summed E-state index contributed by atoms with van der Waals surface area (Å²) in [5.41, 5.74) is 0.136. The topological polar surface area (TPSA) is 62.0 Å². The van der Waals surface area contributed by atoms with E-state index in [4.69, 9.17) is 9.15 Å². The first-order chi connectivity index (χ1) is 10.7. The number of hydrogen-bond donors (Lipinski definition) is 2. The number of hydrogen-bond acceptors (Lipinski definition) is 4. The van der Waals surface area contributed by atoms with Crippen LogP contribution < -0.4 is 10.6 Å². The largest absolute Gasteiger partial charge is 0.469 e. The van der Waals surface area contributed by atoms with Gasteiger partial charge in [-0.15, -0.1) is 0 Å². The molecule has 22 heavy (non-hydrogen) atoms. The monoisotopic (exact) mass is 308 g/mol. The minimum atomic E-state index is 0.136. The van der Waals surface area contributed by atoms with Gasteiger partial charge in [0.05, 0.1) is 6.26 Å². The summed E-state index contributed by atoms with van der Waals surface area (Å²) < 4.78 is 10.8. The van der Waals surface area contributed by atoms with Crippen molar-refractivity contribution in [3.63, 3.8) is 0 Å². The van der Waals surface area contributed by atoms with E-state index in [9.17, 15) is 0 Å². The minimum absolute atomic E-state index is 0.136. The van der Waals surface area contributed by atoms with Crippen molar-refractivity contribution in [2.24, 2.45) is 4.99 Å². The van der Waals surface area contributed by atoms with E-state index < -0.39 is 0 Å². The van der Waals surface area contributed by atoms with Crippen LogP contribution >= 0.6 is 0 Å². The third-order valence-electron chi connectivity index (χ3n) is 4.42. The third kappa shape index (κ3) is 4.48. The summed E-state index contributed by atoms with van der Waals surface area (Å²) in [6.07, 6.45) is 4.63. The average Bonchev–Trinajstić information content (AvgIpc) is 3.04. The van der Waals surface area contributed by atoms with Crippen molar-refractivity contribution >= 4 is 5.96 Å². The Labute approximate surface area is 132 Å². The fraction of sp³-hybridized carbons (Fsp3) is 0.688. The highest BCUT2D eigenvalue weighted by molar-refractivity contribution is 5.79. The van der Waals surface area contributed by atoms with Crippen molar-refractivity contribution in [1.29, 1.82) is 0 Å². The first-order valence-corrected chi connectivity index (χ1v) is 7.88. The van der Waals surface area contributed by atoms with Crippen LogP contribution in [-0.4, -0.2) is 63.8 Å². The molecule has 1 aromatic rings. The zero-order valence-corrected chi connectivity index (χ0v) is 13.9. The van der Waals surface area contributed by atoms with Crippen LogP contribution in [0, 0.1) is 0 Å². The molecule has 1 saturated heterocycles. The van der Waals surface area contributed by atoms with Crippen molar-refractivity contribution in [2.75, 3.05) is 47.4 Å². The maximum Gasteiger partial charge on any atom is 0.191 e. The molecule has 1 aliphatic rings. The predicted molar refractivity (Wildman–Crippen MR) is 88.2 cm³/mol. The van der Waals surface area contributed by atoms with E-state index in [1.54, 1.807) is 13.3 Å². The second-order valence-electron chi connectivity index (χ2n) is 5.91. The number of guanidine groups is 1. The molecule has 2 heterocycles. The van der Waals surface area contributed by atoms with Gasteiger partial charge in [-0.3, -0.25) is 4.99 Å². The average molecular weight is 308 g/mol. The van der Waals surface area contributed by atoms with Crippen LogP contribution in [0.1, 0.15) is 18.6 Å². The van der Waals surface area contributed by atoms with Crippen molar-refractivity contribution in [1.82, 2.24) is 15.5 Å². The van der Waals surface area contributed by atoms with Gasteiger partial charge in [-0.25, -0.2) is 0 Å². The molecule has 0 radical (unpaired) electrons.